The van der Waals surface area contributed by atoms with Gasteiger partial charge in [0.1, 0.15) is 6.61 Å². The molecule has 6 rings (SSSR count). The van der Waals surface area contributed by atoms with Crippen LogP contribution in [-0.4, -0.2) is 61.4 Å². The molecular weight excluding hydrogens is 410 g/mol. The summed E-state index contributed by atoms with van der Waals surface area (Å²) in [7, 11) is 2.21. The minimum Gasteiger partial charge on any atom is -0.458 e. The van der Waals surface area contributed by atoms with Crippen LogP contribution in [0.3, 0.4) is 0 Å². The Labute approximate surface area is 198 Å². The lowest BCUT2D eigenvalue weighted by Gasteiger charge is -2.59. The highest BCUT2D eigenvalue weighted by molar-refractivity contribution is 5.87. The SMILES string of the molecule is CN1CCN(/N=C2\CC[C@@]3(C)[C@H](CC[C@H]4C5=CC=C(C6=CC(=O)OC6)[C@@]5(C)CC[C@@H]43)C2)CC1. The second kappa shape index (κ2) is 7.83. The maximum Gasteiger partial charge on any atom is 0.331 e. The fourth-order valence-electron chi connectivity index (χ4n) is 8.23. The molecule has 2 aliphatic heterocycles. The summed E-state index contributed by atoms with van der Waals surface area (Å²) < 4.78 is 5.25. The van der Waals surface area contributed by atoms with Crippen molar-refractivity contribution in [2.75, 3.05) is 39.8 Å². The highest BCUT2D eigenvalue weighted by atomic mass is 16.5. The Morgan fingerprint density at radius 3 is 2.64 bits per heavy atom. The Bertz CT molecular complexity index is 970. The van der Waals surface area contributed by atoms with E-state index >= 15 is 0 Å². The van der Waals surface area contributed by atoms with Crippen LogP contribution in [0.4, 0.5) is 0 Å². The molecule has 178 valence electrons. The van der Waals surface area contributed by atoms with E-state index in [1.165, 1.54) is 56.2 Å². The summed E-state index contributed by atoms with van der Waals surface area (Å²) >= 11 is 0. The molecule has 1 saturated heterocycles. The van der Waals surface area contributed by atoms with E-state index in [9.17, 15) is 4.79 Å². The lowest BCUT2D eigenvalue weighted by molar-refractivity contribution is -0.134. The van der Waals surface area contributed by atoms with Gasteiger partial charge in [-0.25, -0.2) is 4.79 Å². The van der Waals surface area contributed by atoms with E-state index < -0.39 is 0 Å². The third kappa shape index (κ3) is 3.45. The maximum atomic E-state index is 11.7. The van der Waals surface area contributed by atoms with Gasteiger partial charge in [-0.3, -0.25) is 5.01 Å². The predicted molar refractivity (Wildman–Crippen MR) is 131 cm³/mol. The van der Waals surface area contributed by atoms with Crippen molar-refractivity contribution < 1.29 is 9.53 Å². The number of likely N-dealkylation sites (N-methyl/N-ethyl adjacent to an activating group) is 1. The van der Waals surface area contributed by atoms with Crippen LogP contribution in [0.25, 0.3) is 0 Å². The van der Waals surface area contributed by atoms with Gasteiger partial charge in [-0.05, 0) is 80.7 Å². The zero-order valence-electron chi connectivity index (χ0n) is 20.6. The largest absolute Gasteiger partial charge is 0.458 e. The van der Waals surface area contributed by atoms with E-state index in [0.29, 0.717) is 17.9 Å². The molecule has 6 aliphatic rings. The van der Waals surface area contributed by atoms with Crippen LogP contribution < -0.4 is 0 Å². The van der Waals surface area contributed by atoms with Crippen LogP contribution in [-0.2, 0) is 9.53 Å². The fourth-order valence-corrected chi connectivity index (χ4v) is 8.23. The van der Waals surface area contributed by atoms with Gasteiger partial charge >= 0.3 is 5.97 Å². The van der Waals surface area contributed by atoms with E-state index in [-0.39, 0.29) is 11.4 Å². The van der Waals surface area contributed by atoms with Gasteiger partial charge in [0.2, 0.25) is 0 Å². The first-order chi connectivity index (χ1) is 15.9. The number of esters is 1. The number of ether oxygens (including phenoxy) is 1. The normalized spacial score (nSPS) is 42.2. The number of rotatable bonds is 2. The van der Waals surface area contributed by atoms with Crippen molar-refractivity contribution in [3.05, 3.63) is 34.9 Å². The van der Waals surface area contributed by atoms with Crippen LogP contribution in [0.1, 0.15) is 58.8 Å². The van der Waals surface area contributed by atoms with Gasteiger partial charge in [0.05, 0.1) is 0 Å². The minimum absolute atomic E-state index is 0.0902. The lowest BCUT2D eigenvalue weighted by Crippen LogP contribution is -2.51. The zero-order chi connectivity index (χ0) is 22.8. The summed E-state index contributed by atoms with van der Waals surface area (Å²) in [5.74, 6) is 2.07. The Morgan fingerprint density at radius 1 is 1.06 bits per heavy atom. The van der Waals surface area contributed by atoms with Gasteiger partial charge in [-0.1, -0.05) is 31.6 Å². The molecule has 5 nitrogen and oxygen atoms in total. The van der Waals surface area contributed by atoms with Gasteiger partial charge in [-0.2, -0.15) is 5.10 Å². The van der Waals surface area contributed by atoms with E-state index in [4.69, 9.17) is 9.84 Å². The van der Waals surface area contributed by atoms with Gasteiger partial charge in [0.15, 0.2) is 0 Å². The third-order valence-corrected chi connectivity index (χ3v) is 10.3. The lowest BCUT2D eigenvalue weighted by atomic mass is 9.46. The van der Waals surface area contributed by atoms with Crippen LogP contribution in [0.15, 0.2) is 40.0 Å². The minimum atomic E-state index is -0.180. The first kappa shape index (κ1) is 21.6. The average molecular weight is 450 g/mol. The van der Waals surface area contributed by atoms with E-state index in [1.807, 2.05) is 0 Å². The van der Waals surface area contributed by atoms with Crippen molar-refractivity contribution in [1.29, 1.82) is 0 Å². The molecule has 0 spiro atoms. The quantitative estimate of drug-likeness (QED) is 0.579. The molecule has 0 aromatic carbocycles. The highest BCUT2D eigenvalue weighted by Crippen LogP contribution is 2.65. The van der Waals surface area contributed by atoms with Crippen molar-refractivity contribution in [1.82, 2.24) is 9.91 Å². The van der Waals surface area contributed by atoms with E-state index in [1.54, 1.807) is 11.6 Å². The Balaban J connectivity index is 1.18. The Hall–Kier alpha value is -1.88. The van der Waals surface area contributed by atoms with Crippen molar-refractivity contribution in [2.45, 2.75) is 58.8 Å². The summed E-state index contributed by atoms with van der Waals surface area (Å²) in [6.45, 7) is 9.88. The molecule has 5 atom stereocenters. The molecule has 0 unspecified atom stereocenters. The third-order valence-electron chi connectivity index (χ3n) is 10.3. The number of hydrogen-bond acceptors (Lipinski definition) is 5. The maximum absolute atomic E-state index is 11.7. The molecule has 5 heteroatoms. The second-order valence-electron chi connectivity index (χ2n) is 12.0. The fraction of sp³-hybridized carbons (Fsp3) is 0.714. The smallest absolute Gasteiger partial charge is 0.331 e. The predicted octanol–water partition coefficient (Wildman–Crippen LogP) is 4.57. The Morgan fingerprint density at radius 2 is 1.88 bits per heavy atom. The first-order valence-electron chi connectivity index (χ1n) is 13.2. The standard InChI is InChI=1S/C28H39N3O2/c1-27-10-8-21(29-31-14-12-30(3)13-15-31)17-20(27)4-5-22-24-7-6-23(19-16-26(32)33-18-19)28(24,2)11-9-25(22)27/h6-7,16,20,22,25H,4-5,8-15,17-18H2,1-3H3/b29-21+/t20-,22+,25+,27+,28-/m1/s1. The number of hydrazone groups is 1. The van der Waals surface area contributed by atoms with Crippen LogP contribution >= 0.6 is 0 Å². The van der Waals surface area contributed by atoms with Crippen molar-refractivity contribution in [3.8, 4) is 0 Å². The topological polar surface area (TPSA) is 45.1 Å². The monoisotopic (exact) mass is 449 g/mol. The van der Waals surface area contributed by atoms with E-state index in [2.05, 4.69) is 43.0 Å². The summed E-state index contributed by atoms with van der Waals surface area (Å²) in [6.07, 6.45) is 15.3. The molecule has 2 heterocycles. The summed E-state index contributed by atoms with van der Waals surface area (Å²) in [5, 5.41) is 7.47. The number of carbonyl (C=O) groups excluding carboxylic acids is 1. The summed E-state index contributed by atoms with van der Waals surface area (Å²) in [4.78, 5) is 14.1. The average Bonchev–Trinajstić information content (AvgIpc) is 3.38. The number of piperazine rings is 1. The molecular formula is C28H39N3O2. The molecule has 0 amide bonds. The molecule has 4 aliphatic carbocycles. The molecule has 4 fully saturated rings. The number of hydrogen-bond donors (Lipinski definition) is 0. The van der Waals surface area contributed by atoms with E-state index in [0.717, 1.165) is 43.6 Å². The van der Waals surface area contributed by atoms with Gasteiger partial charge < -0.3 is 9.64 Å². The molecule has 0 aromatic heterocycles. The Kier molecular flexibility index (Phi) is 5.13. The molecule has 0 aromatic rings. The van der Waals surface area contributed by atoms with Gasteiger partial charge in [0, 0.05) is 49.0 Å². The summed E-state index contributed by atoms with van der Waals surface area (Å²) in [5.41, 5.74) is 6.08. The molecule has 0 bridgehead atoms. The van der Waals surface area contributed by atoms with Crippen molar-refractivity contribution >= 4 is 11.7 Å². The van der Waals surface area contributed by atoms with Crippen LogP contribution in [0.2, 0.25) is 0 Å². The highest BCUT2D eigenvalue weighted by Gasteiger charge is 2.56. The molecule has 0 radical (unpaired) electrons. The number of carbonyl (C=O) groups is 1. The van der Waals surface area contributed by atoms with Gasteiger partial charge in [0.25, 0.3) is 0 Å². The number of allylic oxidation sites excluding steroid dienone is 3. The van der Waals surface area contributed by atoms with Crippen molar-refractivity contribution in [3.63, 3.8) is 0 Å². The van der Waals surface area contributed by atoms with Crippen molar-refractivity contribution in [2.24, 2.45) is 33.7 Å². The van der Waals surface area contributed by atoms with Gasteiger partial charge in [-0.15, -0.1) is 0 Å². The van der Waals surface area contributed by atoms with Crippen LogP contribution in [0, 0.1) is 28.6 Å². The number of cyclic esters (lactones) is 1. The van der Waals surface area contributed by atoms with Crippen LogP contribution in [0.5, 0.6) is 0 Å². The second-order valence-corrected chi connectivity index (χ2v) is 12.0. The number of fused-ring (bicyclic) bond motifs is 5. The number of nitrogens with zero attached hydrogens (tertiary/aromatic N) is 3. The molecule has 33 heavy (non-hydrogen) atoms. The summed E-state index contributed by atoms with van der Waals surface area (Å²) in [6, 6.07) is 0. The molecule has 0 N–H and O–H groups in total. The zero-order valence-corrected chi connectivity index (χ0v) is 20.6. The first-order valence-corrected chi connectivity index (χ1v) is 13.2. The molecule has 3 saturated carbocycles.